The van der Waals surface area contributed by atoms with Gasteiger partial charge in [0.15, 0.2) is 5.84 Å². The van der Waals surface area contributed by atoms with Crippen LogP contribution in [0.2, 0.25) is 5.02 Å². The average Bonchev–Trinajstić information content (AvgIpc) is 3.26. The molecule has 1 amide bonds. The predicted molar refractivity (Wildman–Crippen MR) is 142 cm³/mol. The molecule has 0 unspecified atom stereocenters. The Kier molecular flexibility index (Phi) is 7.38. The van der Waals surface area contributed by atoms with E-state index in [1.54, 1.807) is 32.4 Å². The van der Waals surface area contributed by atoms with Crippen LogP contribution in [0.3, 0.4) is 0 Å². The number of carbonyl (C=O) groups excluding carboxylic acids is 2. The maximum Gasteiger partial charge on any atom is 0.257 e. The fourth-order valence-corrected chi connectivity index (χ4v) is 4.94. The van der Waals surface area contributed by atoms with Crippen LogP contribution >= 0.6 is 11.6 Å². The summed E-state index contributed by atoms with van der Waals surface area (Å²) >= 11 is 6.16. The number of rotatable bonds is 6. The third kappa shape index (κ3) is 4.96. The van der Waals surface area contributed by atoms with Crippen LogP contribution in [0.1, 0.15) is 40.1 Å². The lowest BCUT2D eigenvalue weighted by atomic mass is 10.0. The second kappa shape index (κ2) is 10.3. The molecule has 2 atom stereocenters. The van der Waals surface area contributed by atoms with Crippen LogP contribution in [-0.4, -0.2) is 83.6 Å². The monoisotopic (exact) mass is 509 g/mol. The van der Waals surface area contributed by atoms with Crippen LogP contribution in [0.25, 0.3) is 10.9 Å². The molecule has 2 heterocycles. The Morgan fingerprint density at radius 1 is 1.14 bits per heavy atom. The first kappa shape index (κ1) is 25.7. The van der Waals surface area contributed by atoms with E-state index in [-0.39, 0.29) is 23.8 Å². The molecule has 2 aromatic carbocycles. The number of ether oxygens (including phenoxy) is 1. The van der Waals surface area contributed by atoms with E-state index in [2.05, 4.69) is 22.9 Å². The fourth-order valence-electron chi connectivity index (χ4n) is 4.73. The van der Waals surface area contributed by atoms with Crippen LogP contribution in [0.5, 0.6) is 5.75 Å². The molecular weight excluding hydrogens is 478 g/mol. The number of hydrogen-bond donors (Lipinski definition) is 2. The van der Waals surface area contributed by atoms with Gasteiger partial charge in [-0.2, -0.15) is 0 Å². The predicted octanol–water partition coefficient (Wildman–Crippen LogP) is 4.29. The Morgan fingerprint density at radius 3 is 2.56 bits per heavy atom. The molecule has 9 heteroatoms. The largest absolute Gasteiger partial charge is 0.496 e. The number of carbonyl (C=O) groups is 2. The number of amidine groups is 1. The van der Waals surface area contributed by atoms with Crippen molar-refractivity contribution in [1.29, 1.82) is 5.41 Å². The minimum Gasteiger partial charge on any atom is -0.496 e. The lowest BCUT2D eigenvalue weighted by Gasteiger charge is -2.44. The number of H-pyrrole nitrogens is 1. The number of Topliss-reactive ketones (excluding diaryl/α,β-unsaturated/α-hetero) is 1. The van der Waals surface area contributed by atoms with E-state index in [1.165, 1.54) is 12.0 Å². The third-order valence-corrected chi connectivity index (χ3v) is 7.02. The van der Waals surface area contributed by atoms with Gasteiger partial charge >= 0.3 is 0 Å². The number of aromatic amines is 1. The van der Waals surface area contributed by atoms with Gasteiger partial charge in [0.25, 0.3) is 5.91 Å². The molecule has 1 fully saturated rings. The SMILES string of the molecule is COc1cc2[nH]cc(C(=O)C(=N)N(C)C)c2cc1C(=O)N1C[C@@H](C)N(Cc2cccc(Cl)c2)C[C@@H]1C. The van der Waals surface area contributed by atoms with E-state index in [0.29, 0.717) is 39.3 Å². The molecule has 0 spiro atoms. The molecular formula is C27H32ClN5O3. The summed E-state index contributed by atoms with van der Waals surface area (Å²) in [6.45, 7) is 6.20. The van der Waals surface area contributed by atoms with Crippen molar-refractivity contribution in [2.45, 2.75) is 32.5 Å². The smallest absolute Gasteiger partial charge is 0.257 e. The Balaban J connectivity index is 1.61. The molecule has 1 aliphatic rings. The number of fused-ring (bicyclic) bond motifs is 1. The van der Waals surface area contributed by atoms with Crippen LogP contribution in [0.4, 0.5) is 0 Å². The molecule has 36 heavy (non-hydrogen) atoms. The number of likely N-dealkylation sites (N-methyl/N-ethyl adjacent to an activating group) is 1. The fraction of sp³-hybridized carbons (Fsp3) is 0.370. The van der Waals surface area contributed by atoms with Crippen LogP contribution < -0.4 is 4.74 Å². The van der Waals surface area contributed by atoms with Crippen molar-refractivity contribution < 1.29 is 14.3 Å². The second-order valence-electron chi connectivity index (χ2n) is 9.59. The highest BCUT2D eigenvalue weighted by atomic mass is 35.5. The minimum atomic E-state index is -0.411. The van der Waals surface area contributed by atoms with Crippen molar-refractivity contribution in [3.63, 3.8) is 0 Å². The molecule has 190 valence electrons. The van der Waals surface area contributed by atoms with Gasteiger partial charge in [-0.3, -0.25) is 19.9 Å². The summed E-state index contributed by atoms with van der Waals surface area (Å²) in [5.41, 5.74) is 2.57. The highest BCUT2D eigenvalue weighted by Crippen LogP contribution is 2.31. The van der Waals surface area contributed by atoms with Crippen LogP contribution in [-0.2, 0) is 6.54 Å². The van der Waals surface area contributed by atoms with E-state index in [4.69, 9.17) is 21.7 Å². The number of methoxy groups -OCH3 is 1. The van der Waals surface area contributed by atoms with Crippen molar-refractivity contribution in [2.24, 2.45) is 0 Å². The summed E-state index contributed by atoms with van der Waals surface area (Å²) in [6.07, 6.45) is 1.58. The van der Waals surface area contributed by atoms with Gasteiger partial charge in [-0.25, -0.2) is 0 Å². The molecule has 3 aromatic rings. The summed E-state index contributed by atoms with van der Waals surface area (Å²) < 4.78 is 5.57. The van der Waals surface area contributed by atoms with E-state index < -0.39 is 5.78 Å². The van der Waals surface area contributed by atoms with Gasteiger partial charge in [-0.1, -0.05) is 23.7 Å². The number of hydrogen-bond acceptors (Lipinski definition) is 5. The summed E-state index contributed by atoms with van der Waals surface area (Å²) in [7, 11) is 4.84. The van der Waals surface area contributed by atoms with E-state index >= 15 is 0 Å². The molecule has 1 aliphatic heterocycles. The zero-order valence-electron chi connectivity index (χ0n) is 21.3. The molecule has 0 bridgehead atoms. The Bertz CT molecular complexity index is 1320. The first-order valence-electron chi connectivity index (χ1n) is 11.9. The molecule has 8 nitrogen and oxygen atoms in total. The van der Waals surface area contributed by atoms with Gasteiger partial charge in [0.2, 0.25) is 5.78 Å². The molecule has 4 rings (SSSR count). The van der Waals surface area contributed by atoms with Crippen LogP contribution in [0, 0.1) is 5.41 Å². The maximum absolute atomic E-state index is 13.8. The van der Waals surface area contributed by atoms with Crippen molar-refractivity contribution in [2.75, 3.05) is 34.3 Å². The lowest BCUT2D eigenvalue weighted by molar-refractivity contribution is 0.0288. The van der Waals surface area contributed by atoms with Gasteiger partial charge in [-0.15, -0.1) is 0 Å². The first-order valence-corrected chi connectivity index (χ1v) is 12.3. The first-order chi connectivity index (χ1) is 17.1. The summed E-state index contributed by atoms with van der Waals surface area (Å²) in [4.78, 5) is 35.4. The van der Waals surface area contributed by atoms with Gasteiger partial charge in [-0.05, 0) is 37.6 Å². The van der Waals surface area contributed by atoms with Gasteiger partial charge < -0.3 is 19.5 Å². The van der Waals surface area contributed by atoms with E-state index in [9.17, 15) is 9.59 Å². The molecule has 1 saturated heterocycles. The standard InChI is InChI=1S/C27H32ClN5O3/c1-16-14-33(17(2)13-32(16)15-18-7-6-8-19(28)9-18)27(35)21-10-20-22(25(34)26(29)31(3)4)12-30-23(20)11-24(21)36-5/h6-12,16-17,29-30H,13-15H2,1-5H3/t16-,17+/m1/s1. The second-order valence-corrected chi connectivity index (χ2v) is 10.0. The Labute approximate surface area is 216 Å². The average molecular weight is 510 g/mol. The maximum atomic E-state index is 13.8. The molecule has 2 N–H and O–H groups in total. The van der Waals surface area contributed by atoms with Crippen molar-refractivity contribution in [1.82, 2.24) is 19.7 Å². The number of piperazine rings is 1. The number of amides is 1. The summed E-state index contributed by atoms with van der Waals surface area (Å²) in [6, 6.07) is 11.4. The van der Waals surface area contributed by atoms with Gasteiger partial charge in [0.1, 0.15) is 5.75 Å². The summed E-state index contributed by atoms with van der Waals surface area (Å²) in [5, 5.41) is 9.40. The number of ketones is 1. The molecule has 0 aliphatic carbocycles. The number of nitrogens with zero attached hydrogens (tertiary/aromatic N) is 3. The van der Waals surface area contributed by atoms with Crippen molar-refractivity contribution in [3.05, 3.63) is 64.3 Å². The van der Waals surface area contributed by atoms with Gasteiger partial charge in [0.05, 0.1) is 18.2 Å². The summed E-state index contributed by atoms with van der Waals surface area (Å²) in [5.74, 6) is -0.237. The minimum absolute atomic E-state index is 0.0254. The lowest BCUT2D eigenvalue weighted by Crippen LogP contribution is -2.57. The molecule has 0 saturated carbocycles. The Morgan fingerprint density at radius 2 is 1.89 bits per heavy atom. The highest BCUT2D eigenvalue weighted by molar-refractivity contribution is 6.45. The number of halogens is 1. The molecule has 1 aromatic heterocycles. The third-order valence-electron chi connectivity index (χ3n) is 6.79. The zero-order chi connectivity index (χ0) is 26.1. The Hall–Kier alpha value is -3.36. The highest BCUT2D eigenvalue weighted by Gasteiger charge is 2.34. The topological polar surface area (TPSA) is 92.7 Å². The quantitative estimate of drug-likeness (QED) is 0.294. The van der Waals surface area contributed by atoms with Crippen molar-refractivity contribution >= 4 is 40.0 Å². The van der Waals surface area contributed by atoms with E-state index in [0.717, 1.165) is 18.7 Å². The van der Waals surface area contributed by atoms with Crippen molar-refractivity contribution in [3.8, 4) is 5.75 Å². The van der Waals surface area contributed by atoms with E-state index in [1.807, 2.05) is 30.0 Å². The zero-order valence-corrected chi connectivity index (χ0v) is 22.0. The van der Waals surface area contributed by atoms with Gasteiger partial charge in [0, 0.05) is 74.0 Å². The molecule has 0 radical (unpaired) electrons. The number of benzene rings is 2. The normalized spacial score (nSPS) is 18.3. The van der Waals surface area contributed by atoms with Crippen LogP contribution in [0.15, 0.2) is 42.6 Å². The number of nitrogens with one attached hydrogen (secondary N) is 2. The number of aromatic nitrogens is 1.